The average molecular weight is 275 g/mol. The Hall–Kier alpha value is -0.860. The van der Waals surface area contributed by atoms with Gasteiger partial charge in [-0.05, 0) is 50.4 Å². The summed E-state index contributed by atoms with van der Waals surface area (Å²) in [5.74, 6) is 0. The minimum Gasteiger partial charge on any atom is -0.387 e. The Morgan fingerprint density at radius 3 is 2.10 bits per heavy atom. The molecule has 1 aromatic carbocycles. The van der Waals surface area contributed by atoms with Gasteiger partial charge in [0, 0.05) is 6.04 Å². The lowest BCUT2D eigenvalue weighted by Crippen LogP contribution is -2.39. The molecular weight excluding hydrogens is 246 g/mol. The number of nitrogens with zero attached hydrogens (tertiary/aromatic N) is 1. The third kappa shape index (κ3) is 4.07. The summed E-state index contributed by atoms with van der Waals surface area (Å²) in [6, 6.07) is 8.66. The highest BCUT2D eigenvalue weighted by Crippen LogP contribution is 2.23. The van der Waals surface area contributed by atoms with E-state index in [1.807, 2.05) is 0 Å². The van der Waals surface area contributed by atoms with Crippen LogP contribution >= 0.6 is 0 Å². The summed E-state index contributed by atoms with van der Waals surface area (Å²) in [6.45, 7) is 6.59. The fourth-order valence-corrected chi connectivity index (χ4v) is 3.11. The third-order valence-electron chi connectivity index (χ3n) is 4.65. The second-order valence-electron chi connectivity index (χ2n) is 6.08. The summed E-state index contributed by atoms with van der Waals surface area (Å²) in [5, 5.41) is 10.6. The van der Waals surface area contributed by atoms with Gasteiger partial charge in [-0.1, -0.05) is 50.5 Å². The molecule has 2 unspecified atom stereocenters. The molecule has 0 bridgehead atoms. The molecule has 2 rings (SSSR count). The molecule has 20 heavy (non-hydrogen) atoms. The molecule has 1 saturated heterocycles. The smallest absolute Gasteiger partial charge is 0.0942 e. The summed E-state index contributed by atoms with van der Waals surface area (Å²) in [6.07, 6.45) is 7.27. The minimum atomic E-state index is -0.375. The Morgan fingerprint density at radius 1 is 1.00 bits per heavy atom. The predicted octanol–water partition coefficient (Wildman–Crippen LogP) is 3.94. The van der Waals surface area contributed by atoms with Crippen LogP contribution in [-0.4, -0.2) is 29.1 Å². The second-order valence-corrected chi connectivity index (χ2v) is 6.08. The van der Waals surface area contributed by atoms with E-state index in [9.17, 15) is 5.11 Å². The van der Waals surface area contributed by atoms with Crippen molar-refractivity contribution in [2.75, 3.05) is 13.1 Å². The maximum Gasteiger partial charge on any atom is 0.0942 e. The molecule has 1 N–H and O–H groups in total. The first kappa shape index (κ1) is 15.5. The molecule has 0 aliphatic carbocycles. The first-order valence-electron chi connectivity index (χ1n) is 8.23. The molecule has 2 nitrogen and oxygen atoms in total. The van der Waals surface area contributed by atoms with Gasteiger partial charge in [0.05, 0.1) is 6.10 Å². The quantitative estimate of drug-likeness (QED) is 0.899. The van der Waals surface area contributed by atoms with Gasteiger partial charge in [-0.2, -0.15) is 0 Å². The summed E-state index contributed by atoms with van der Waals surface area (Å²) < 4.78 is 0. The highest BCUT2D eigenvalue weighted by atomic mass is 16.3. The first-order valence-corrected chi connectivity index (χ1v) is 8.23. The molecule has 0 radical (unpaired) electrons. The van der Waals surface area contributed by atoms with Gasteiger partial charge < -0.3 is 5.11 Å². The van der Waals surface area contributed by atoms with Crippen molar-refractivity contribution >= 4 is 0 Å². The highest BCUT2D eigenvalue weighted by Gasteiger charge is 2.23. The lowest BCUT2D eigenvalue weighted by atomic mass is 9.99. The molecule has 1 heterocycles. The van der Waals surface area contributed by atoms with Crippen LogP contribution in [0.2, 0.25) is 0 Å². The Labute approximate surface area is 123 Å². The summed E-state index contributed by atoms with van der Waals surface area (Å²) in [5.41, 5.74) is 2.39. The van der Waals surface area contributed by atoms with Crippen molar-refractivity contribution in [1.82, 2.24) is 4.90 Å². The van der Waals surface area contributed by atoms with Crippen molar-refractivity contribution in [2.24, 2.45) is 0 Å². The zero-order valence-corrected chi connectivity index (χ0v) is 13.0. The Kier molecular flexibility index (Phi) is 6.06. The van der Waals surface area contributed by atoms with Crippen molar-refractivity contribution in [3.05, 3.63) is 35.4 Å². The van der Waals surface area contributed by atoms with Crippen molar-refractivity contribution in [1.29, 1.82) is 0 Å². The molecule has 2 heteroatoms. The van der Waals surface area contributed by atoms with E-state index in [4.69, 9.17) is 0 Å². The summed E-state index contributed by atoms with van der Waals surface area (Å²) in [7, 11) is 0. The van der Waals surface area contributed by atoms with Crippen molar-refractivity contribution in [2.45, 2.75) is 64.5 Å². The van der Waals surface area contributed by atoms with Crippen LogP contribution in [0.15, 0.2) is 24.3 Å². The van der Waals surface area contributed by atoms with E-state index in [1.54, 1.807) is 0 Å². The van der Waals surface area contributed by atoms with Crippen LogP contribution in [0.4, 0.5) is 0 Å². The van der Waals surface area contributed by atoms with Gasteiger partial charge in [0.25, 0.3) is 0 Å². The first-order chi connectivity index (χ1) is 9.72. The van der Waals surface area contributed by atoms with E-state index in [0.717, 1.165) is 25.1 Å². The van der Waals surface area contributed by atoms with Gasteiger partial charge >= 0.3 is 0 Å². The molecule has 0 amide bonds. The topological polar surface area (TPSA) is 23.5 Å². The molecule has 1 aliphatic heterocycles. The lowest BCUT2D eigenvalue weighted by Gasteiger charge is -2.33. The van der Waals surface area contributed by atoms with Crippen LogP contribution in [0, 0.1) is 0 Å². The fraction of sp³-hybridized carbons (Fsp3) is 0.667. The normalized spacial score (nSPS) is 20.9. The van der Waals surface area contributed by atoms with Crippen LogP contribution in [0.1, 0.15) is 63.2 Å². The highest BCUT2D eigenvalue weighted by molar-refractivity contribution is 5.25. The number of benzene rings is 1. The van der Waals surface area contributed by atoms with Crippen LogP contribution in [0.25, 0.3) is 0 Å². The number of hydrogen-bond acceptors (Lipinski definition) is 2. The van der Waals surface area contributed by atoms with Gasteiger partial charge in [-0.15, -0.1) is 0 Å². The van der Waals surface area contributed by atoms with E-state index in [-0.39, 0.29) is 12.1 Å². The number of rotatable bonds is 4. The molecule has 1 aliphatic rings. The number of hydrogen-bond donors (Lipinski definition) is 1. The van der Waals surface area contributed by atoms with Crippen LogP contribution in [0.3, 0.4) is 0 Å². The van der Waals surface area contributed by atoms with Crippen molar-refractivity contribution in [3.63, 3.8) is 0 Å². The maximum atomic E-state index is 10.6. The zero-order chi connectivity index (χ0) is 14.4. The Bertz CT molecular complexity index is 379. The van der Waals surface area contributed by atoms with Crippen LogP contribution < -0.4 is 0 Å². The fourth-order valence-electron chi connectivity index (χ4n) is 3.11. The number of likely N-dealkylation sites (tertiary alicyclic amines) is 1. The monoisotopic (exact) mass is 275 g/mol. The molecule has 1 aromatic rings. The molecule has 112 valence electrons. The lowest BCUT2D eigenvalue weighted by molar-refractivity contribution is 0.0531. The maximum absolute atomic E-state index is 10.6. The van der Waals surface area contributed by atoms with E-state index in [0.29, 0.717) is 0 Å². The van der Waals surface area contributed by atoms with Crippen molar-refractivity contribution in [3.8, 4) is 0 Å². The zero-order valence-electron chi connectivity index (χ0n) is 13.0. The molecular formula is C18H29NO. The largest absolute Gasteiger partial charge is 0.387 e. The van der Waals surface area contributed by atoms with Gasteiger partial charge in [-0.25, -0.2) is 0 Å². The van der Waals surface area contributed by atoms with Crippen molar-refractivity contribution < 1.29 is 5.11 Å². The number of aliphatic hydroxyl groups is 1. The Morgan fingerprint density at radius 2 is 1.55 bits per heavy atom. The van der Waals surface area contributed by atoms with Gasteiger partial charge in [0.15, 0.2) is 0 Å². The van der Waals surface area contributed by atoms with Gasteiger partial charge in [0.1, 0.15) is 0 Å². The molecule has 0 saturated carbocycles. The third-order valence-corrected chi connectivity index (χ3v) is 4.65. The Balaban J connectivity index is 1.99. The molecule has 1 fully saturated rings. The van der Waals surface area contributed by atoms with Crippen LogP contribution in [-0.2, 0) is 6.42 Å². The van der Waals surface area contributed by atoms with E-state index in [1.165, 1.54) is 37.7 Å². The average Bonchev–Trinajstić information content (AvgIpc) is 2.46. The second kappa shape index (κ2) is 7.80. The number of aryl methyl sites for hydroxylation is 1. The van der Waals surface area contributed by atoms with Crippen LogP contribution in [0.5, 0.6) is 0 Å². The molecule has 0 spiro atoms. The summed E-state index contributed by atoms with van der Waals surface area (Å²) >= 11 is 0. The van der Waals surface area contributed by atoms with Gasteiger partial charge in [0.2, 0.25) is 0 Å². The summed E-state index contributed by atoms with van der Waals surface area (Å²) in [4.78, 5) is 2.47. The number of aliphatic hydroxyl groups excluding tert-OH is 1. The molecule has 2 atom stereocenters. The predicted molar refractivity (Wildman–Crippen MR) is 84.9 cm³/mol. The van der Waals surface area contributed by atoms with E-state index in [2.05, 4.69) is 43.0 Å². The van der Waals surface area contributed by atoms with Gasteiger partial charge in [-0.3, -0.25) is 4.90 Å². The van der Waals surface area contributed by atoms with E-state index >= 15 is 0 Å². The SMILES string of the molecule is CCc1ccc(C(O)C(C)N2CCCCCCC2)cc1. The molecule has 0 aromatic heterocycles. The standard InChI is InChI=1S/C18H29NO/c1-3-16-9-11-17(12-10-16)18(20)15(2)19-13-7-5-4-6-8-14-19/h9-12,15,18,20H,3-8,13-14H2,1-2H3. The minimum absolute atomic E-state index is 0.209. The van der Waals surface area contributed by atoms with E-state index < -0.39 is 0 Å².